The van der Waals surface area contributed by atoms with Gasteiger partial charge in [0.1, 0.15) is 0 Å². The van der Waals surface area contributed by atoms with Gasteiger partial charge in [0.15, 0.2) is 5.96 Å². The van der Waals surface area contributed by atoms with Crippen LogP contribution in [-0.2, 0) is 11.3 Å². The summed E-state index contributed by atoms with van der Waals surface area (Å²) in [5.74, 6) is 0.844. The van der Waals surface area contributed by atoms with E-state index in [1.54, 1.807) is 12.5 Å². The third kappa shape index (κ3) is 4.86. The lowest BCUT2D eigenvalue weighted by atomic mass is 9.88. The molecule has 24 heavy (non-hydrogen) atoms. The molecule has 1 aromatic rings. The van der Waals surface area contributed by atoms with Crippen molar-refractivity contribution in [1.29, 1.82) is 0 Å². The first-order valence-corrected chi connectivity index (χ1v) is 8.61. The average Bonchev–Trinajstić information content (AvgIpc) is 3.30. The molecule has 2 saturated heterocycles. The van der Waals surface area contributed by atoms with Crippen LogP contribution in [-0.4, -0.2) is 56.3 Å². The molecule has 0 saturated carbocycles. The molecule has 0 atom stereocenters. The van der Waals surface area contributed by atoms with Gasteiger partial charge in [-0.05, 0) is 44.8 Å². The molecule has 6 nitrogen and oxygen atoms in total. The van der Waals surface area contributed by atoms with Crippen LogP contribution in [0.25, 0.3) is 0 Å². The standard InChI is InChI=1S/C17H28N4O2.HI/c1-18-16(19-12-15-4-9-23-13-15)20-14-17(5-10-22-11-6-17)21-7-2-3-8-21;/h4,9,13H,2-3,5-8,10-12,14H2,1H3,(H2,18,19,20);1H. The van der Waals surface area contributed by atoms with Crippen LogP contribution in [0.3, 0.4) is 0 Å². The number of nitrogens with one attached hydrogen (secondary N) is 2. The van der Waals surface area contributed by atoms with Gasteiger partial charge in [0.2, 0.25) is 0 Å². The summed E-state index contributed by atoms with van der Waals surface area (Å²) in [6, 6.07) is 1.96. The highest BCUT2D eigenvalue weighted by Crippen LogP contribution is 2.30. The van der Waals surface area contributed by atoms with Crippen LogP contribution < -0.4 is 10.6 Å². The number of aliphatic imine (C=N–C) groups is 1. The Bertz CT molecular complexity index is 495. The van der Waals surface area contributed by atoms with Crippen molar-refractivity contribution in [2.45, 2.75) is 37.8 Å². The molecule has 0 bridgehead atoms. The van der Waals surface area contributed by atoms with E-state index in [2.05, 4.69) is 20.5 Å². The number of hydrogen-bond donors (Lipinski definition) is 2. The second kappa shape index (κ2) is 9.62. The van der Waals surface area contributed by atoms with Gasteiger partial charge in [-0.3, -0.25) is 9.89 Å². The monoisotopic (exact) mass is 448 g/mol. The van der Waals surface area contributed by atoms with Crippen LogP contribution in [0.4, 0.5) is 0 Å². The SMILES string of the molecule is CN=C(NCc1ccoc1)NCC1(N2CCCC2)CCOCC1.I. The van der Waals surface area contributed by atoms with Gasteiger partial charge in [0.25, 0.3) is 0 Å². The van der Waals surface area contributed by atoms with Crippen LogP contribution in [0.1, 0.15) is 31.2 Å². The second-order valence-corrected chi connectivity index (χ2v) is 6.44. The Kier molecular flexibility index (Phi) is 7.83. The minimum Gasteiger partial charge on any atom is -0.472 e. The summed E-state index contributed by atoms with van der Waals surface area (Å²) >= 11 is 0. The highest BCUT2D eigenvalue weighted by Gasteiger charge is 2.39. The van der Waals surface area contributed by atoms with Gasteiger partial charge in [-0.25, -0.2) is 0 Å². The maximum atomic E-state index is 5.60. The normalized spacial score (nSPS) is 21.3. The molecule has 2 N–H and O–H groups in total. The van der Waals surface area contributed by atoms with Crippen molar-refractivity contribution < 1.29 is 9.15 Å². The largest absolute Gasteiger partial charge is 0.472 e. The van der Waals surface area contributed by atoms with Crippen LogP contribution in [0.2, 0.25) is 0 Å². The molecule has 136 valence electrons. The molecule has 3 heterocycles. The van der Waals surface area contributed by atoms with E-state index in [0.29, 0.717) is 0 Å². The van der Waals surface area contributed by atoms with Gasteiger partial charge in [-0.15, -0.1) is 24.0 Å². The quantitative estimate of drug-likeness (QED) is 0.411. The fraction of sp³-hybridized carbons (Fsp3) is 0.706. The van der Waals surface area contributed by atoms with Crippen molar-refractivity contribution in [3.05, 3.63) is 24.2 Å². The number of halogens is 1. The minimum absolute atomic E-state index is 0. The lowest BCUT2D eigenvalue weighted by Crippen LogP contribution is -2.58. The highest BCUT2D eigenvalue weighted by molar-refractivity contribution is 14.0. The third-order valence-electron chi connectivity index (χ3n) is 5.05. The molecule has 0 aliphatic carbocycles. The number of rotatable bonds is 5. The van der Waals surface area contributed by atoms with Gasteiger partial charge < -0.3 is 19.8 Å². The molecule has 2 aliphatic heterocycles. The molecule has 0 amide bonds. The first-order chi connectivity index (χ1) is 11.3. The Balaban J connectivity index is 0.00000208. The second-order valence-electron chi connectivity index (χ2n) is 6.44. The molecule has 0 unspecified atom stereocenters. The van der Waals surface area contributed by atoms with Crippen molar-refractivity contribution >= 4 is 29.9 Å². The predicted molar refractivity (Wildman–Crippen MR) is 106 cm³/mol. The Morgan fingerprint density at radius 3 is 2.62 bits per heavy atom. The van der Waals surface area contributed by atoms with Crippen molar-refractivity contribution in [3.63, 3.8) is 0 Å². The summed E-state index contributed by atoms with van der Waals surface area (Å²) in [5, 5.41) is 6.88. The zero-order chi connectivity index (χ0) is 16.0. The Hall–Kier alpha value is -0.800. The lowest BCUT2D eigenvalue weighted by molar-refractivity contribution is -0.0164. The van der Waals surface area contributed by atoms with E-state index in [0.717, 1.165) is 50.7 Å². The fourth-order valence-electron chi connectivity index (χ4n) is 3.60. The summed E-state index contributed by atoms with van der Waals surface area (Å²) in [6.45, 7) is 5.78. The molecular formula is C17H29IN4O2. The Morgan fingerprint density at radius 2 is 2.00 bits per heavy atom. The van der Waals surface area contributed by atoms with Gasteiger partial charge in [-0.2, -0.15) is 0 Å². The number of nitrogens with zero attached hydrogens (tertiary/aromatic N) is 2. The first kappa shape index (κ1) is 19.5. The summed E-state index contributed by atoms with van der Waals surface area (Å²) in [7, 11) is 1.82. The van der Waals surface area contributed by atoms with E-state index in [-0.39, 0.29) is 29.5 Å². The summed E-state index contributed by atoms with van der Waals surface area (Å²) < 4.78 is 10.7. The Labute approximate surface area is 161 Å². The highest BCUT2D eigenvalue weighted by atomic mass is 127. The third-order valence-corrected chi connectivity index (χ3v) is 5.05. The number of hydrogen-bond acceptors (Lipinski definition) is 4. The molecule has 0 aromatic carbocycles. The number of ether oxygens (including phenoxy) is 1. The number of furan rings is 1. The molecule has 2 fully saturated rings. The molecule has 7 heteroatoms. The maximum absolute atomic E-state index is 5.60. The molecule has 0 radical (unpaired) electrons. The summed E-state index contributed by atoms with van der Waals surface area (Å²) in [5.41, 5.74) is 1.33. The molecule has 2 aliphatic rings. The molecule has 3 rings (SSSR count). The van der Waals surface area contributed by atoms with E-state index < -0.39 is 0 Å². The zero-order valence-electron chi connectivity index (χ0n) is 14.4. The van der Waals surface area contributed by atoms with Gasteiger partial charge in [-0.1, -0.05) is 0 Å². The van der Waals surface area contributed by atoms with Crippen LogP contribution in [0.5, 0.6) is 0 Å². The van der Waals surface area contributed by atoms with Crippen LogP contribution in [0, 0.1) is 0 Å². The Morgan fingerprint density at radius 1 is 1.25 bits per heavy atom. The van der Waals surface area contributed by atoms with E-state index in [1.165, 1.54) is 25.9 Å². The number of guanidine groups is 1. The van der Waals surface area contributed by atoms with Crippen molar-refractivity contribution in [1.82, 2.24) is 15.5 Å². The average molecular weight is 448 g/mol. The number of likely N-dealkylation sites (tertiary alicyclic amines) is 1. The van der Waals surface area contributed by atoms with Gasteiger partial charge >= 0.3 is 0 Å². The fourth-order valence-corrected chi connectivity index (χ4v) is 3.60. The van der Waals surface area contributed by atoms with Crippen LogP contribution in [0.15, 0.2) is 28.0 Å². The van der Waals surface area contributed by atoms with Crippen molar-refractivity contribution in [3.8, 4) is 0 Å². The van der Waals surface area contributed by atoms with E-state index in [9.17, 15) is 0 Å². The molecule has 1 aromatic heterocycles. The molecular weight excluding hydrogens is 419 g/mol. The topological polar surface area (TPSA) is 62.0 Å². The zero-order valence-corrected chi connectivity index (χ0v) is 16.8. The van der Waals surface area contributed by atoms with E-state index in [4.69, 9.17) is 9.15 Å². The van der Waals surface area contributed by atoms with E-state index >= 15 is 0 Å². The maximum Gasteiger partial charge on any atom is 0.191 e. The molecule has 0 spiro atoms. The van der Waals surface area contributed by atoms with Crippen molar-refractivity contribution in [2.24, 2.45) is 4.99 Å². The van der Waals surface area contributed by atoms with Crippen LogP contribution >= 0.6 is 24.0 Å². The van der Waals surface area contributed by atoms with Crippen molar-refractivity contribution in [2.75, 3.05) is 39.9 Å². The first-order valence-electron chi connectivity index (χ1n) is 8.61. The summed E-state index contributed by atoms with van der Waals surface area (Å²) in [6.07, 6.45) is 8.27. The lowest BCUT2D eigenvalue weighted by Gasteiger charge is -2.45. The van der Waals surface area contributed by atoms with Gasteiger partial charge in [0.05, 0.1) is 12.5 Å². The minimum atomic E-state index is 0. The predicted octanol–water partition coefficient (Wildman–Crippen LogP) is 2.21. The van der Waals surface area contributed by atoms with Gasteiger partial charge in [0, 0.05) is 44.5 Å². The summed E-state index contributed by atoms with van der Waals surface area (Å²) in [4.78, 5) is 7.00. The smallest absolute Gasteiger partial charge is 0.191 e. The van der Waals surface area contributed by atoms with E-state index in [1.807, 2.05) is 13.1 Å².